The van der Waals surface area contributed by atoms with Crippen molar-refractivity contribution in [2.24, 2.45) is 0 Å². The third-order valence-electron chi connectivity index (χ3n) is 3.32. The van der Waals surface area contributed by atoms with E-state index in [0.717, 1.165) is 5.69 Å². The summed E-state index contributed by atoms with van der Waals surface area (Å²) in [6.07, 6.45) is -0.0291. The largest absolute Gasteiger partial charge is 0.461 e. The smallest absolute Gasteiger partial charge is 0.408 e. The first-order valence-electron chi connectivity index (χ1n) is 8.71. The highest BCUT2D eigenvalue weighted by atomic mass is 16.6. The van der Waals surface area contributed by atoms with Crippen molar-refractivity contribution in [1.82, 2.24) is 15.1 Å². The molecule has 0 fully saturated rings. The Labute approximate surface area is 155 Å². The van der Waals surface area contributed by atoms with Crippen LogP contribution >= 0.6 is 0 Å². The number of nitrogens with one attached hydrogen (secondary N) is 1. The fourth-order valence-corrected chi connectivity index (χ4v) is 2.35. The SMILES string of the molecule is CCOC(=O)c1cc(CC(C)(C)NC(=O)OC(C)(C)C)n(CCOC)n1. The molecule has 0 radical (unpaired) electrons. The van der Waals surface area contributed by atoms with Gasteiger partial charge in [0.05, 0.1) is 19.8 Å². The van der Waals surface area contributed by atoms with Crippen LogP contribution < -0.4 is 5.32 Å². The topological polar surface area (TPSA) is 91.7 Å². The summed E-state index contributed by atoms with van der Waals surface area (Å²) in [7, 11) is 1.60. The van der Waals surface area contributed by atoms with Crippen LogP contribution in [-0.4, -0.2) is 53.3 Å². The van der Waals surface area contributed by atoms with Crippen molar-refractivity contribution in [3.8, 4) is 0 Å². The van der Waals surface area contributed by atoms with E-state index in [1.807, 2.05) is 34.6 Å². The van der Waals surface area contributed by atoms with Gasteiger partial charge in [0.25, 0.3) is 0 Å². The molecule has 1 aromatic heterocycles. The standard InChI is InChI=1S/C18H31N3O5/c1-8-25-15(22)14-11-13(21(20-14)9-10-24-7)12-18(5,6)19-16(23)26-17(2,3)4/h11H,8-10,12H2,1-7H3,(H,19,23). The summed E-state index contributed by atoms with van der Waals surface area (Å²) in [4.78, 5) is 24.0. The summed E-state index contributed by atoms with van der Waals surface area (Å²) in [5, 5.41) is 7.17. The zero-order valence-corrected chi connectivity index (χ0v) is 16.8. The summed E-state index contributed by atoms with van der Waals surface area (Å²) < 4.78 is 17.1. The Morgan fingerprint density at radius 2 is 1.88 bits per heavy atom. The van der Waals surface area contributed by atoms with E-state index in [9.17, 15) is 9.59 Å². The highest BCUT2D eigenvalue weighted by molar-refractivity contribution is 5.87. The van der Waals surface area contributed by atoms with Gasteiger partial charge in [-0.1, -0.05) is 0 Å². The monoisotopic (exact) mass is 369 g/mol. The Morgan fingerprint density at radius 1 is 1.23 bits per heavy atom. The fraction of sp³-hybridized carbons (Fsp3) is 0.722. The number of rotatable bonds is 8. The average molecular weight is 369 g/mol. The quantitative estimate of drug-likeness (QED) is 0.708. The molecule has 8 nitrogen and oxygen atoms in total. The molecule has 0 saturated carbocycles. The van der Waals surface area contributed by atoms with E-state index in [4.69, 9.17) is 14.2 Å². The molecule has 1 N–H and O–H groups in total. The normalized spacial score (nSPS) is 12.0. The van der Waals surface area contributed by atoms with Crippen molar-refractivity contribution in [2.45, 2.75) is 65.6 Å². The lowest BCUT2D eigenvalue weighted by Gasteiger charge is -2.28. The van der Waals surface area contributed by atoms with Gasteiger partial charge in [0.2, 0.25) is 0 Å². The van der Waals surface area contributed by atoms with Crippen LogP contribution in [0.4, 0.5) is 4.79 Å². The maximum absolute atomic E-state index is 12.1. The molecular formula is C18H31N3O5. The zero-order chi connectivity index (χ0) is 20.0. The van der Waals surface area contributed by atoms with E-state index in [-0.39, 0.29) is 12.3 Å². The lowest BCUT2D eigenvalue weighted by atomic mass is 9.98. The van der Waals surface area contributed by atoms with Gasteiger partial charge in [-0.05, 0) is 47.6 Å². The molecule has 0 aliphatic heterocycles. The molecule has 0 aromatic carbocycles. The maximum Gasteiger partial charge on any atom is 0.408 e. The highest BCUT2D eigenvalue weighted by Crippen LogP contribution is 2.17. The van der Waals surface area contributed by atoms with Gasteiger partial charge in [-0.15, -0.1) is 0 Å². The van der Waals surface area contributed by atoms with E-state index >= 15 is 0 Å². The Bertz CT molecular complexity index is 617. The highest BCUT2D eigenvalue weighted by Gasteiger charge is 2.27. The molecule has 0 saturated heterocycles. The molecule has 0 atom stereocenters. The number of alkyl carbamates (subject to hydrolysis) is 1. The van der Waals surface area contributed by atoms with Gasteiger partial charge in [0, 0.05) is 24.8 Å². The first kappa shape index (κ1) is 22.0. The molecule has 1 amide bonds. The van der Waals surface area contributed by atoms with Gasteiger partial charge >= 0.3 is 12.1 Å². The first-order chi connectivity index (χ1) is 12.0. The summed E-state index contributed by atoms with van der Waals surface area (Å²) >= 11 is 0. The second kappa shape index (κ2) is 9.02. The molecule has 148 valence electrons. The van der Waals surface area contributed by atoms with Gasteiger partial charge in [-0.3, -0.25) is 4.68 Å². The van der Waals surface area contributed by atoms with Gasteiger partial charge in [-0.25, -0.2) is 9.59 Å². The van der Waals surface area contributed by atoms with Crippen LogP contribution in [0.3, 0.4) is 0 Å². The number of aromatic nitrogens is 2. The third kappa shape index (κ3) is 7.43. The lowest BCUT2D eigenvalue weighted by Crippen LogP contribution is -2.47. The molecule has 0 aliphatic rings. The summed E-state index contributed by atoms with van der Waals surface area (Å²) in [6.45, 7) is 12.2. The number of hydrogen-bond donors (Lipinski definition) is 1. The average Bonchev–Trinajstić information content (AvgIpc) is 2.84. The molecule has 0 unspecified atom stereocenters. The number of carbonyl (C=O) groups excluding carboxylic acids is 2. The Hall–Kier alpha value is -2.09. The minimum atomic E-state index is -0.598. The maximum atomic E-state index is 12.1. The lowest BCUT2D eigenvalue weighted by molar-refractivity contribution is 0.0469. The molecule has 1 rings (SSSR count). The van der Waals surface area contributed by atoms with E-state index in [1.165, 1.54) is 0 Å². The van der Waals surface area contributed by atoms with E-state index in [0.29, 0.717) is 19.6 Å². The van der Waals surface area contributed by atoms with Gasteiger partial charge in [0.1, 0.15) is 5.60 Å². The number of carbonyl (C=O) groups is 2. The van der Waals surface area contributed by atoms with Crippen LogP contribution in [-0.2, 0) is 27.2 Å². The predicted molar refractivity (Wildman–Crippen MR) is 97.2 cm³/mol. The van der Waals surface area contributed by atoms with Crippen molar-refractivity contribution in [3.05, 3.63) is 17.5 Å². The molecule has 1 aromatic rings. The number of amides is 1. The van der Waals surface area contributed by atoms with Crippen LogP contribution in [0.2, 0.25) is 0 Å². The van der Waals surface area contributed by atoms with Crippen molar-refractivity contribution in [2.75, 3.05) is 20.3 Å². The van der Waals surface area contributed by atoms with Crippen LogP contribution in [0.25, 0.3) is 0 Å². The molecule has 0 aliphatic carbocycles. The number of nitrogens with zero attached hydrogens (tertiary/aromatic N) is 2. The number of ether oxygens (including phenoxy) is 3. The molecule has 26 heavy (non-hydrogen) atoms. The Morgan fingerprint density at radius 3 is 2.42 bits per heavy atom. The minimum Gasteiger partial charge on any atom is -0.461 e. The molecule has 1 heterocycles. The van der Waals surface area contributed by atoms with Crippen LogP contribution in [0, 0.1) is 0 Å². The van der Waals surface area contributed by atoms with Gasteiger partial charge in [0.15, 0.2) is 5.69 Å². The molecule has 8 heteroatoms. The minimum absolute atomic E-state index is 0.242. The number of esters is 1. The second-order valence-electron chi connectivity index (χ2n) is 7.64. The number of hydrogen-bond acceptors (Lipinski definition) is 6. The molecule has 0 spiro atoms. The van der Waals surface area contributed by atoms with Crippen LogP contribution in [0.5, 0.6) is 0 Å². The Kier molecular flexibility index (Phi) is 7.62. The Balaban J connectivity index is 2.93. The van der Waals surface area contributed by atoms with Gasteiger partial charge < -0.3 is 19.5 Å². The van der Waals surface area contributed by atoms with E-state index in [1.54, 1.807) is 24.8 Å². The third-order valence-corrected chi connectivity index (χ3v) is 3.32. The number of methoxy groups -OCH3 is 1. The summed E-state index contributed by atoms with van der Waals surface area (Å²) in [5.41, 5.74) is -0.131. The van der Waals surface area contributed by atoms with Crippen LogP contribution in [0.1, 0.15) is 57.7 Å². The van der Waals surface area contributed by atoms with Crippen molar-refractivity contribution in [3.63, 3.8) is 0 Å². The first-order valence-corrected chi connectivity index (χ1v) is 8.71. The fourth-order valence-electron chi connectivity index (χ4n) is 2.35. The second-order valence-corrected chi connectivity index (χ2v) is 7.64. The van der Waals surface area contributed by atoms with Gasteiger partial charge in [-0.2, -0.15) is 5.10 Å². The van der Waals surface area contributed by atoms with E-state index < -0.39 is 23.2 Å². The van der Waals surface area contributed by atoms with Crippen molar-refractivity contribution in [1.29, 1.82) is 0 Å². The molecule has 0 bridgehead atoms. The summed E-state index contributed by atoms with van der Waals surface area (Å²) in [6, 6.07) is 1.69. The predicted octanol–water partition coefficient (Wildman–Crippen LogP) is 2.55. The zero-order valence-electron chi connectivity index (χ0n) is 16.8. The van der Waals surface area contributed by atoms with Crippen LogP contribution in [0.15, 0.2) is 6.07 Å². The van der Waals surface area contributed by atoms with Crippen molar-refractivity contribution < 1.29 is 23.8 Å². The van der Waals surface area contributed by atoms with E-state index in [2.05, 4.69) is 10.4 Å². The molecular weight excluding hydrogens is 338 g/mol. The summed E-state index contributed by atoms with van der Waals surface area (Å²) in [5.74, 6) is -0.470. The van der Waals surface area contributed by atoms with Crippen molar-refractivity contribution >= 4 is 12.1 Å².